The molecule has 172 valence electrons. The molecule has 36 heavy (non-hydrogen) atoms. The van der Waals surface area contributed by atoms with Crippen molar-refractivity contribution >= 4 is 52.2 Å². The molecule has 0 N–H and O–H groups in total. The van der Waals surface area contributed by atoms with Crippen LogP contribution in [0.2, 0.25) is 0 Å². The van der Waals surface area contributed by atoms with Gasteiger partial charge in [0.25, 0.3) is 0 Å². The standard InChI is InChI=1S/C34H24Se2/c1-5-13-25(14-6-1)29-21-35-22-30(26-15-7-2-8-16-26)33(29)34-31(27-17-9-3-10-18-27)23-36-24-32(34)28-19-11-4-12-20-28/h1-24H. The third-order valence-electron chi connectivity index (χ3n) is 6.41. The van der Waals surface area contributed by atoms with E-state index in [9.17, 15) is 0 Å². The molecule has 4 aromatic rings. The molecule has 0 fully saturated rings. The molecule has 0 spiro atoms. The van der Waals surface area contributed by atoms with Crippen LogP contribution in [-0.4, -0.2) is 29.9 Å². The summed E-state index contributed by atoms with van der Waals surface area (Å²) in [6, 6.07) is 43.6. The van der Waals surface area contributed by atoms with Crippen LogP contribution in [0.4, 0.5) is 0 Å². The monoisotopic (exact) mass is 592 g/mol. The summed E-state index contributed by atoms with van der Waals surface area (Å²) in [6.45, 7) is 0. The first kappa shape index (κ1) is 23.0. The van der Waals surface area contributed by atoms with E-state index in [1.165, 1.54) is 55.7 Å². The third kappa shape index (κ3) is 4.58. The molecule has 2 heteroatoms. The van der Waals surface area contributed by atoms with Crippen molar-refractivity contribution in [2.75, 3.05) is 0 Å². The van der Waals surface area contributed by atoms with E-state index in [1.807, 2.05) is 0 Å². The topological polar surface area (TPSA) is 0 Å². The molecular weight excluding hydrogens is 566 g/mol. The summed E-state index contributed by atoms with van der Waals surface area (Å²) in [5.41, 5.74) is 13.1. The molecule has 0 nitrogen and oxygen atoms in total. The summed E-state index contributed by atoms with van der Waals surface area (Å²) in [7, 11) is 0. The Morgan fingerprint density at radius 2 is 0.500 bits per heavy atom. The Labute approximate surface area is 225 Å². The van der Waals surface area contributed by atoms with E-state index in [0.717, 1.165) is 0 Å². The van der Waals surface area contributed by atoms with Crippen LogP contribution >= 0.6 is 0 Å². The van der Waals surface area contributed by atoms with Crippen molar-refractivity contribution in [3.63, 3.8) is 0 Å². The van der Waals surface area contributed by atoms with Crippen molar-refractivity contribution in [3.05, 3.63) is 175 Å². The average molecular weight is 590 g/mol. The first-order chi connectivity index (χ1) is 17.9. The van der Waals surface area contributed by atoms with Gasteiger partial charge < -0.3 is 0 Å². The summed E-state index contributed by atoms with van der Waals surface area (Å²) in [6.07, 6.45) is 0. The Morgan fingerprint density at radius 1 is 0.278 bits per heavy atom. The van der Waals surface area contributed by atoms with Crippen LogP contribution in [0, 0.1) is 0 Å². The Morgan fingerprint density at radius 3 is 0.722 bits per heavy atom. The van der Waals surface area contributed by atoms with E-state index in [0.29, 0.717) is 0 Å². The molecule has 0 aromatic heterocycles. The molecule has 0 amide bonds. The summed E-state index contributed by atoms with van der Waals surface area (Å²) < 4.78 is 0. The molecule has 0 atom stereocenters. The van der Waals surface area contributed by atoms with E-state index >= 15 is 0 Å². The maximum atomic E-state index is 2.46. The van der Waals surface area contributed by atoms with Gasteiger partial charge in [0.1, 0.15) is 0 Å². The van der Waals surface area contributed by atoms with Gasteiger partial charge in [-0.05, 0) is 0 Å². The fraction of sp³-hybridized carbons (Fsp3) is 0. The van der Waals surface area contributed by atoms with Crippen molar-refractivity contribution < 1.29 is 0 Å². The number of hydrogen-bond acceptors (Lipinski definition) is 0. The summed E-state index contributed by atoms with van der Waals surface area (Å²) in [4.78, 5) is 9.84. The molecule has 0 unspecified atom stereocenters. The minimum atomic E-state index is 0.284. The van der Waals surface area contributed by atoms with Gasteiger partial charge >= 0.3 is 227 Å². The first-order valence-corrected chi connectivity index (χ1v) is 15.9. The zero-order valence-corrected chi connectivity index (χ0v) is 23.1. The first-order valence-electron chi connectivity index (χ1n) is 12.0. The molecule has 0 aliphatic carbocycles. The van der Waals surface area contributed by atoms with Gasteiger partial charge in [-0.15, -0.1) is 0 Å². The SMILES string of the molecule is C1=C(c2ccccc2)C(=C2C(c3ccccc3)=C[Se]C=C2c2ccccc2)C(c2ccccc2)=C[Se]1. The Balaban J connectivity index is 1.68. The van der Waals surface area contributed by atoms with Crippen LogP contribution in [0.3, 0.4) is 0 Å². The van der Waals surface area contributed by atoms with E-state index in [-0.39, 0.29) is 29.9 Å². The fourth-order valence-corrected chi connectivity index (χ4v) is 8.28. The van der Waals surface area contributed by atoms with E-state index in [2.05, 4.69) is 141 Å². The molecule has 0 saturated carbocycles. The molecule has 0 bridgehead atoms. The average Bonchev–Trinajstić information content (AvgIpc) is 2.98. The van der Waals surface area contributed by atoms with Gasteiger partial charge in [-0.2, -0.15) is 0 Å². The van der Waals surface area contributed by atoms with Gasteiger partial charge in [0, 0.05) is 0 Å². The zero-order valence-electron chi connectivity index (χ0n) is 19.7. The molecule has 0 saturated heterocycles. The van der Waals surface area contributed by atoms with Gasteiger partial charge in [0.15, 0.2) is 0 Å². The van der Waals surface area contributed by atoms with Crippen LogP contribution in [0.5, 0.6) is 0 Å². The maximum absolute atomic E-state index is 2.46. The predicted molar refractivity (Wildman–Crippen MR) is 156 cm³/mol. The molecule has 2 heterocycles. The molecule has 0 radical (unpaired) electrons. The summed E-state index contributed by atoms with van der Waals surface area (Å²) >= 11 is 0.568. The Kier molecular flexibility index (Phi) is 6.85. The van der Waals surface area contributed by atoms with E-state index in [1.54, 1.807) is 0 Å². The van der Waals surface area contributed by atoms with E-state index < -0.39 is 0 Å². The number of rotatable bonds is 4. The number of hydrogen-bond donors (Lipinski definition) is 0. The van der Waals surface area contributed by atoms with Gasteiger partial charge in [0.05, 0.1) is 0 Å². The van der Waals surface area contributed by atoms with Gasteiger partial charge in [-0.1, -0.05) is 0 Å². The number of allylic oxidation sites excluding steroid dienone is 6. The second-order valence-electron chi connectivity index (χ2n) is 8.61. The molecule has 4 aromatic carbocycles. The van der Waals surface area contributed by atoms with Crippen LogP contribution in [0.15, 0.2) is 152 Å². The molecule has 2 aliphatic heterocycles. The van der Waals surface area contributed by atoms with Crippen LogP contribution in [0.25, 0.3) is 22.3 Å². The van der Waals surface area contributed by atoms with Crippen LogP contribution in [0.1, 0.15) is 22.3 Å². The third-order valence-corrected chi connectivity index (χ3v) is 9.53. The van der Waals surface area contributed by atoms with E-state index in [4.69, 9.17) is 0 Å². The fourth-order valence-electron chi connectivity index (χ4n) is 4.73. The van der Waals surface area contributed by atoms with Gasteiger partial charge in [-0.25, -0.2) is 0 Å². The minimum absolute atomic E-state index is 0.284. The van der Waals surface area contributed by atoms with Crippen molar-refractivity contribution in [1.29, 1.82) is 0 Å². The predicted octanol–water partition coefficient (Wildman–Crippen LogP) is 7.88. The zero-order chi connectivity index (χ0) is 24.2. The van der Waals surface area contributed by atoms with Crippen LogP contribution < -0.4 is 0 Å². The molecule has 2 aliphatic rings. The van der Waals surface area contributed by atoms with Crippen molar-refractivity contribution in [2.45, 2.75) is 0 Å². The van der Waals surface area contributed by atoms with Crippen molar-refractivity contribution in [3.8, 4) is 0 Å². The quantitative estimate of drug-likeness (QED) is 0.212. The van der Waals surface area contributed by atoms with Crippen LogP contribution in [-0.2, 0) is 0 Å². The summed E-state index contributed by atoms with van der Waals surface area (Å²) in [5, 5.41) is 0. The molecular formula is C34H24Se2. The molecule has 6 rings (SSSR count). The van der Waals surface area contributed by atoms with Gasteiger partial charge in [0.2, 0.25) is 0 Å². The van der Waals surface area contributed by atoms with Gasteiger partial charge in [-0.3, -0.25) is 0 Å². The van der Waals surface area contributed by atoms with Crippen molar-refractivity contribution in [1.82, 2.24) is 0 Å². The van der Waals surface area contributed by atoms with Crippen molar-refractivity contribution in [2.24, 2.45) is 0 Å². The second kappa shape index (κ2) is 10.7. The number of benzene rings is 4. The second-order valence-corrected chi connectivity index (χ2v) is 11.7. The Bertz CT molecular complexity index is 1290. The summed E-state index contributed by atoms with van der Waals surface area (Å²) in [5.74, 6) is 0. The Hall–Kier alpha value is -3.38. The normalized spacial score (nSPS) is 15.6.